The molecule has 0 aliphatic heterocycles. The number of aliphatic hydroxyl groups excluding tert-OH is 1. The molecule has 2 rings (SSSR count). The first kappa shape index (κ1) is 9.99. The molecule has 0 bridgehead atoms. The quantitative estimate of drug-likeness (QED) is 0.826. The number of hydrogen-bond donors (Lipinski definition) is 1. The largest absolute Gasteiger partial charge is 0.472 e. The van der Waals surface area contributed by atoms with Crippen LogP contribution < -0.4 is 0 Å². The van der Waals surface area contributed by atoms with Crippen LogP contribution in [0.15, 0.2) is 53.3 Å². The van der Waals surface area contributed by atoms with Crippen LogP contribution in [0.3, 0.4) is 0 Å². The van der Waals surface area contributed by atoms with E-state index in [-0.39, 0.29) is 0 Å². The molecule has 1 N–H and O–H groups in total. The number of benzene rings is 1. The first-order valence-corrected chi connectivity index (χ1v) is 5.10. The second-order valence-corrected chi connectivity index (χ2v) is 3.60. The first-order chi connectivity index (χ1) is 7.36. The summed E-state index contributed by atoms with van der Waals surface area (Å²) in [4.78, 5) is 0. The molecule has 0 aliphatic carbocycles. The van der Waals surface area contributed by atoms with Gasteiger partial charge in [0.25, 0.3) is 0 Å². The molecular weight excluding hydrogens is 188 g/mol. The smallest absolute Gasteiger partial charge is 0.0960 e. The van der Waals surface area contributed by atoms with Crippen molar-refractivity contribution in [2.24, 2.45) is 0 Å². The minimum atomic E-state index is -0.427. The van der Waals surface area contributed by atoms with Crippen molar-refractivity contribution in [1.82, 2.24) is 0 Å². The number of hydrogen-bond acceptors (Lipinski definition) is 2. The lowest BCUT2D eigenvalue weighted by Gasteiger charge is -2.07. The molecule has 0 radical (unpaired) electrons. The lowest BCUT2D eigenvalue weighted by atomic mass is 10.0. The molecular formula is C13H14O2. The van der Waals surface area contributed by atoms with Gasteiger partial charge in [-0.1, -0.05) is 30.3 Å². The molecule has 0 fully saturated rings. The van der Waals surface area contributed by atoms with E-state index >= 15 is 0 Å². The average molecular weight is 202 g/mol. The van der Waals surface area contributed by atoms with E-state index in [0.717, 1.165) is 18.4 Å². The Bertz CT molecular complexity index is 378. The van der Waals surface area contributed by atoms with Crippen molar-refractivity contribution in [3.8, 4) is 0 Å². The predicted octanol–water partition coefficient (Wildman–Crippen LogP) is 2.95. The van der Waals surface area contributed by atoms with Gasteiger partial charge in [0.2, 0.25) is 0 Å². The average Bonchev–Trinajstić information content (AvgIpc) is 2.81. The van der Waals surface area contributed by atoms with Gasteiger partial charge in [-0.2, -0.15) is 0 Å². The summed E-state index contributed by atoms with van der Waals surface area (Å²) in [5.41, 5.74) is 2.10. The monoisotopic (exact) mass is 202 g/mol. The highest BCUT2D eigenvalue weighted by molar-refractivity contribution is 5.16. The van der Waals surface area contributed by atoms with Crippen LogP contribution >= 0.6 is 0 Å². The zero-order valence-electron chi connectivity index (χ0n) is 8.47. The Hall–Kier alpha value is -1.54. The van der Waals surface area contributed by atoms with Crippen LogP contribution in [0.4, 0.5) is 0 Å². The fourth-order valence-electron chi connectivity index (χ4n) is 1.58. The molecule has 1 atom stereocenters. The van der Waals surface area contributed by atoms with Gasteiger partial charge < -0.3 is 9.52 Å². The molecule has 1 heterocycles. The zero-order chi connectivity index (χ0) is 10.5. The second-order valence-electron chi connectivity index (χ2n) is 3.60. The third kappa shape index (κ3) is 2.70. The molecule has 0 amide bonds. The molecule has 0 saturated carbocycles. The summed E-state index contributed by atoms with van der Waals surface area (Å²) in [6.45, 7) is 0. The highest BCUT2D eigenvalue weighted by Gasteiger charge is 2.08. The Kier molecular flexibility index (Phi) is 3.20. The van der Waals surface area contributed by atoms with Crippen LogP contribution in [-0.4, -0.2) is 5.11 Å². The van der Waals surface area contributed by atoms with E-state index < -0.39 is 6.10 Å². The van der Waals surface area contributed by atoms with Crippen molar-refractivity contribution in [2.45, 2.75) is 18.9 Å². The van der Waals surface area contributed by atoms with Crippen LogP contribution in [-0.2, 0) is 6.42 Å². The van der Waals surface area contributed by atoms with Crippen molar-refractivity contribution < 1.29 is 9.52 Å². The van der Waals surface area contributed by atoms with Crippen LogP contribution in [0.1, 0.15) is 23.7 Å². The summed E-state index contributed by atoms with van der Waals surface area (Å²) in [6.07, 6.45) is 4.36. The maximum Gasteiger partial charge on any atom is 0.0960 e. The zero-order valence-corrected chi connectivity index (χ0v) is 8.47. The summed E-state index contributed by atoms with van der Waals surface area (Å²) in [6, 6.07) is 12.0. The van der Waals surface area contributed by atoms with Gasteiger partial charge in [-0.25, -0.2) is 0 Å². The molecule has 1 unspecified atom stereocenters. The Balaban J connectivity index is 1.89. The maximum atomic E-state index is 9.81. The molecule has 78 valence electrons. The Labute approximate surface area is 89.2 Å². The number of furan rings is 1. The van der Waals surface area contributed by atoms with E-state index in [0.29, 0.717) is 0 Å². The Morgan fingerprint density at radius 2 is 1.93 bits per heavy atom. The lowest BCUT2D eigenvalue weighted by Crippen LogP contribution is -1.97. The van der Waals surface area contributed by atoms with Gasteiger partial charge in [0.15, 0.2) is 0 Å². The van der Waals surface area contributed by atoms with E-state index in [4.69, 9.17) is 4.42 Å². The van der Waals surface area contributed by atoms with Crippen molar-refractivity contribution in [1.29, 1.82) is 0 Å². The minimum absolute atomic E-state index is 0.427. The van der Waals surface area contributed by atoms with Crippen LogP contribution in [0.5, 0.6) is 0 Å². The minimum Gasteiger partial charge on any atom is -0.472 e. The van der Waals surface area contributed by atoms with Crippen molar-refractivity contribution in [2.75, 3.05) is 0 Å². The van der Waals surface area contributed by atoms with Gasteiger partial charge >= 0.3 is 0 Å². The molecule has 0 spiro atoms. The maximum absolute atomic E-state index is 9.81. The van der Waals surface area contributed by atoms with Gasteiger partial charge in [0.05, 0.1) is 18.6 Å². The fourth-order valence-corrected chi connectivity index (χ4v) is 1.58. The van der Waals surface area contributed by atoms with Crippen LogP contribution in [0, 0.1) is 0 Å². The summed E-state index contributed by atoms with van der Waals surface area (Å²) >= 11 is 0. The van der Waals surface area contributed by atoms with Crippen LogP contribution in [0.2, 0.25) is 0 Å². The molecule has 0 aliphatic rings. The van der Waals surface area contributed by atoms with E-state index in [9.17, 15) is 5.11 Å². The van der Waals surface area contributed by atoms with Crippen LogP contribution in [0.25, 0.3) is 0 Å². The molecule has 0 saturated heterocycles. The summed E-state index contributed by atoms with van der Waals surface area (Å²) in [5, 5.41) is 9.81. The van der Waals surface area contributed by atoms with Crippen molar-refractivity contribution >= 4 is 0 Å². The van der Waals surface area contributed by atoms with E-state index in [1.807, 2.05) is 18.2 Å². The summed E-state index contributed by atoms with van der Waals surface area (Å²) < 4.78 is 4.93. The Morgan fingerprint density at radius 1 is 1.13 bits per heavy atom. The fraction of sp³-hybridized carbons (Fsp3) is 0.231. The normalized spacial score (nSPS) is 12.6. The molecule has 2 nitrogen and oxygen atoms in total. The predicted molar refractivity (Wildman–Crippen MR) is 58.4 cm³/mol. The molecule has 2 heteroatoms. The highest BCUT2D eigenvalue weighted by Crippen LogP contribution is 2.18. The van der Waals surface area contributed by atoms with Gasteiger partial charge in [0.1, 0.15) is 0 Å². The lowest BCUT2D eigenvalue weighted by molar-refractivity contribution is 0.167. The number of aryl methyl sites for hydroxylation is 1. The number of aliphatic hydroxyl groups is 1. The Morgan fingerprint density at radius 3 is 2.60 bits per heavy atom. The summed E-state index contributed by atoms with van der Waals surface area (Å²) in [5.74, 6) is 0. The SMILES string of the molecule is OC(CCc1ccccc1)c1ccoc1. The molecule has 1 aromatic heterocycles. The van der Waals surface area contributed by atoms with Gasteiger partial charge in [0, 0.05) is 5.56 Å². The topological polar surface area (TPSA) is 33.4 Å². The van der Waals surface area contributed by atoms with Gasteiger partial charge in [-0.15, -0.1) is 0 Å². The molecule has 2 aromatic rings. The standard InChI is InChI=1S/C13H14O2/c14-13(12-8-9-15-10-12)7-6-11-4-2-1-3-5-11/h1-5,8-10,13-14H,6-7H2. The van der Waals surface area contributed by atoms with E-state index in [2.05, 4.69) is 12.1 Å². The van der Waals surface area contributed by atoms with Gasteiger partial charge in [-0.3, -0.25) is 0 Å². The van der Waals surface area contributed by atoms with E-state index in [1.54, 1.807) is 18.6 Å². The van der Waals surface area contributed by atoms with Gasteiger partial charge in [-0.05, 0) is 24.5 Å². The highest BCUT2D eigenvalue weighted by atomic mass is 16.3. The molecule has 15 heavy (non-hydrogen) atoms. The third-order valence-corrected chi connectivity index (χ3v) is 2.48. The van der Waals surface area contributed by atoms with Crippen molar-refractivity contribution in [3.63, 3.8) is 0 Å². The first-order valence-electron chi connectivity index (χ1n) is 5.10. The summed E-state index contributed by atoms with van der Waals surface area (Å²) in [7, 11) is 0. The molecule has 1 aromatic carbocycles. The second kappa shape index (κ2) is 4.80. The third-order valence-electron chi connectivity index (χ3n) is 2.48. The van der Waals surface area contributed by atoms with Crippen molar-refractivity contribution in [3.05, 3.63) is 60.1 Å². The van der Waals surface area contributed by atoms with E-state index in [1.165, 1.54) is 5.56 Å². The number of rotatable bonds is 4.